The zero-order valence-corrected chi connectivity index (χ0v) is 13.2. The molecule has 0 spiro atoms. The Morgan fingerprint density at radius 3 is 2.48 bits per heavy atom. The van der Waals surface area contributed by atoms with E-state index in [1.807, 2.05) is 24.3 Å². The highest BCUT2D eigenvalue weighted by Crippen LogP contribution is 2.24. The van der Waals surface area contributed by atoms with Gasteiger partial charge < -0.3 is 4.74 Å². The molecule has 0 bridgehead atoms. The van der Waals surface area contributed by atoms with Gasteiger partial charge in [0.05, 0.1) is 18.3 Å². The van der Waals surface area contributed by atoms with Crippen LogP contribution in [0.25, 0.3) is 0 Å². The highest BCUT2D eigenvalue weighted by Gasteiger charge is 2.23. The lowest BCUT2D eigenvalue weighted by atomic mass is 9.99. The first-order valence-electron chi connectivity index (χ1n) is 7.11. The topological polar surface area (TPSA) is 60.4 Å². The van der Waals surface area contributed by atoms with Crippen molar-refractivity contribution in [3.05, 3.63) is 46.4 Å². The Morgan fingerprint density at radius 1 is 1.29 bits per heavy atom. The zero-order chi connectivity index (χ0) is 15.5. The molecule has 0 saturated carbocycles. The molecule has 0 saturated heterocycles. The van der Waals surface area contributed by atoms with E-state index in [2.05, 4.69) is 0 Å². The zero-order valence-electron chi connectivity index (χ0n) is 12.3. The number of allylic oxidation sites excluding steroid dienone is 2. The van der Waals surface area contributed by atoms with E-state index in [1.54, 1.807) is 19.9 Å². The number of sulfone groups is 1. The number of ether oxygens (including phenoxy) is 1. The summed E-state index contributed by atoms with van der Waals surface area (Å²) in [5, 5.41) is 0. The van der Waals surface area contributed by atoms with Crippen LogP contribution in [0.15, 0.2) is 35.2 Å². The van der Waals surface area contributed by atoms with Crippen LogP contribution in [0.4, 0.5) is 0 Å². The SMILES string of the molecule is CCOC(=O)C(C)c1ccc(CC2=CCCS2(=O)=O)cc1. The molecule has 1 unspecified atom stereocenters. The lowest BCUT2D eigenvalue weighted by Crippen LogP contribution is -2.13. The third-order valence-electron chi connectivity index (χ3n) is 3.66. The summed E-state index contributed by atoms with van der Waals surface area (Å²) in [6.07, 6.45) is 2.83. The van der Waals surface area contributed by atoms with Crippen molar-refractivity contribution >= 4 is 15.8 Å². The van der Waals surface area contributed by atoms with E-state index in [0.29, 0.717) is 24.4 Å². The monoisotopic (exact) mass is 308 g/mol. The Labute approximate surface area is 125 Å². The first kappa shape index (κ1) is 15.8. The van der Waals surface area contributed by atoms with Gasteiger partial charge in [0.1, 0.15) is 0 Å². The van der Waals surface area contributed by atoms with Crippen molar-refractivity contribution < 1.29 is 17.9 Å². The Hall–Kier alpha value is -1.62. The number of carbonyl (C=O) groups excluding carboxylic acids is 1. The number of hydrogen-bond donors (Lipinski definition) is 0. The predicted octanol–water partition coefficient (Wildman–Crippen LogP) is 2.60. The summed E-state index contributed by atoms with van der Waals surface area (Å²) in [5.74, 6) is -0.333. The minimum Gasteiger partial charge on any atom is -0.466 e. The van der Waals surface area contributed by atoms with Gasteiger partial charge in [-0.15, -0.1) is 0 Å². The van der Waals surface area contributed by atoms with E-state index < -0.39 is 9.84 Å². The number of rotatable bonds is 5. The molecule has 4 nitrogen and oxygen atoms in total. The summed E-state index contributed by atoms with van der Waals surface area (Å²) < 4.78 is 28.5. The molecule has 5 heteroatoms. The summed E-state index contributed by atoms with van der Waals surface area (Å²) in [6, 6.07) is 7.47. The van der Waals surface area contributed by atoms with Crippen molar-refractivity contribution in [3.63, 3.8) is 0 Å². The number of hydrogen-bond acceptors (Lipinski definition) is 4. The molecule has 1 aromatic rings. The van der Waals surface area contributed by atoms with Crippen molar-refractivity contribution in [2.45, 2.75) is 32.6 Å². The molecule has 2 rings (SSSR count). The van der Waals surface area contributed by atoms with E-state index in [1.165, 1.54) is 0 Å². The van der Waals surface area contributed by atoms with Crippen LogP contribution < -0.4 is 0 Å². The van der Waals surface area contributed by atoms with Gasteiger partial charge in [0.25, 0.3) is 0 Å². The predicted molar refractivity (Wildman–Crippen MR) is 81.7 cm³/mol. The molecule has 1 aliphatic rings. The second-order valence-electron chi connectivity index (χ2n) is 5.17. The molecule has 1 aliphatic heterocycles. The molecule has 21 heavy (non-hydrogen) atoms. The van der Waals surface area contributed by atoms with Crippen molar-refractivity contribution in [3.8, 4) is 0 Å². The molecule has 1 aromatic carbocycles. The van der Waals surface area contributed by atoms with Gasteiger partial charge in [-0.05, 0) is 31.4 Å². The van der Waals surface area contributed by atoms with E-state index >= 15 is 0 Å². The first-order chi connectivity index (χ1) is 9.94. The second kappa shape index (κ2) is 6.43. The van der Waals surface area contributed by atoms with Crippen molar-refractivity contribution in [2.24, 2.45) is 0 Å². The molecule has 0 aromatic heterocycles. The molecule has 0 radical (unpaired) electrons. The quantitative estimate of drug-likeness (QED) is 0.785. The Bertz CT molecular complexity index is 641. The lowest BCUT2D eigenvalue weighted by Gasteiger charge is -2.11. The van der Waals surface area contributed by atoms with Crippen LogP contribution in [0, 0.1) is 0 Å². The van der Waals surface area contributed by atoms with Crippen molar-refractivity contribution in [1.82, 2.24) is 0 Å². The number of esters is 1. The van der Waals surface area contributed by atoms with Gasteiger partial charge in [0.2, 0.25) is 0 Å². The van der Waals surface area contributed by atoms with E-state index in [4.69, 9.17) is 4.74 Å². The fourth-order valence-corrected chi connectivity index (χ4v) is 3.79. The molecular weight excluding hydrogens is 288 g/mol. The van der Waals surface area contributed by atoms with Crippen molar-refractivity contribution in [2.75, 3.05) is 12.4 Å². The number of carbonyl (C=O) groups is 1. The lowest BCUT2D eigenvalue weighted by molar-refractivity contribution is -0.144. The van der Waals surface area contributed by atoms with E-state index in [9.17, 15) is 13.2 Å². The maximum atomic E-state index is 11.8. The Kier molecular flexibility index (Phi) is 4.83. The summed E-state index contributed by atoms with van der Waals surface area (Å²) in [5.41, 5.74) is 1.81. The maximum absolute atomic E-state index is 11.8. The largest absolute Gasteiger partial charge is 0.466 e. The van der Waals surface area contributed by atoms with E-state index in [0.717, 1.165) is 11.1 Å². The van der Waals surface area contributed by atoms with Crippen LogP contribution >= 0.6 is 0 Å². The van der Waals surface area contributed by atoms with Gasteiger partial charge in [-0.25, -0.2) is 8.42 Å². The fourth-order valence-electron chi connectivity index (χ4n) is 2.34. The molecule has 1 heterocycles. The standard InChI is InChI=1S/C16H20O4S/c1-3-20-16(17)12(2)14-8-6-13(7-9-14)11-15-5-4-10-21(15,18)19/h5-9,12H,3-4,10-11H2,1-2H3. The summed E-state index contributed by atoms with van der Waals surface area (Å²) in [4.78, 5) is 12.2. The maximum Gasteiger partial charge on any atom is 0.313 e. The van der Waals surface area contributed by atoms with Gasteiger partial charge in [-0.3, -0.25) is 4.79 Å². The molecular formula is C16H20O4S. The molecule has 0 aliphatic carbocycles. The Morgan fingerprint density at radius 2 is 1.95 bits per heavy atom. The minimum atomic E-state index is -3.05. The van der Waals surface area contributed by atoms with Crippen molar-refractivity contribution in [1.29, 1.82) is 0 Å². The van der Waals surface area contributed by atoms with E-state index in [-0.39, 0.29) is 17.6 Å². The van der Waals surface area contributed by atoms with Crippen LogP contribution in [-0.2, 0) is 25.8 Å². The van der Waals surface area contributed by atoms with Crippen LogP contribution in [0.5, 0.6) is 0 Å². The molecule has 0 amide bonds. The van der Waals surface area contributed by atoms with Crippen LogP contribution in [0.1, 0.15) is 37.3 Å². The third-order valence-corrected chi connectivity index (χ3v) is 5.54. The van der Waals surface area contributed by atoms with Gasteiger partial charge >= 0.3 is 5.97 Å². The first-order valence-corrected chi connectivity index (χ1v) is 8.76. The highest BCUT2D eigenvalue weighted by molar-refractivity contribution is 7.95. The highest BCUT2D eigenvalue weighted by atomic mass is 32.2. The number of benzene rings is 1. The third kappa shape index (κ3) is 3.73. The summed E-state index contributed by atoms with van der Waals surface area (Å²) in [6.45, 7) is 3.95. The van der Waals surface area contributed by atoms with Crippen LogP contribution in [0.2, 0.25) is 0 Å². The summed E-state index contributed by atoms with van der Waals surface area (Å²) in [7, 11) is -3.05. The average Bonchev–Trinajstić information content (AvgIpc) is 2.78. The van der Waals surface area contributed by atoms with Gasteiger partial charge in [0, 0.05) is 11.3 Å². The molecule has 1 atom stereocenters. The summed E-state index contributed by atoms with van der Waals surface area (Å²) >= 11 is 0. The second-order valence-corrected chi connectivity index (χ2v) is 7.33. The minimum absolute atomic E-state index is 0.223. The van der Waals surface area contributed by atoms with Gasteiger partial charge in [-0.2, -0.15) is 0 Å². The average molecular weight is 308 g/mol. The smallest absolute Gasteiger partial charge is 0.313 e. The van der Waals surface area contributed by atoms with Crippen LogP contribution in [-0.4, -0.2) is 26.7 Å². The Balaban J connectivity index is 2.07. The normalized spacial score (nSPS) is 18.1. The fraction of sp³-hybridized carbons (Fsp3) is 0.438. The molecule has 114 valence electrons. The molecule has 0 fully saturated rings. The van der Waals surface area contributed by atoms with Crippen LogP contribution in [0.3, 0.4) is 0 Å². The van der Waals surface area contributed by atoms with Gasteiger partial charge in [0.15, 0.2) is 9.84 Å². The van der Waals surface area contributed by atoms with Gasteiger partial charge in [-0.1, -0.05) is 30.3 Å². The molecule has 0 N–H and O–H groups in total.